The lowest BCUT2D eigenvalue weighted by Crippen LogP contribution is -2.53. The zero-order valence-electron chi connectivity index (χ0n) is 18.6. The summed E-state index contributed by atoms with van der Waals surface area (Å²) in [4.78, 5) is 24.0. The molecule has 176 valence electrons. The minimum atomic E-state index is -2.41. The molecule has 0 aliphatic carbocycles. The Kier molecular flexibility index (Phi) is 12.9. The average molecular weight is 439 g/mol. The van der Waals surface area contributed by atoms with Crippen molar-refractivity contribution >= 4 is 11.8 Å². The molecule has 2 atom stereocenters. The van der Waals surface area contributed by atoms with Gasteiger partial charge in [0.25, 0.3) is 5.60 Å². The van der Waals surface area contributed by atoms with E-state index >= 15 is 0 Å². The topological polar surface area (TPSA) is 124 Å². The van der Waals surface area contributed by atoms with Crippen molar-refractivity contribution in [3.05, 3.63) is 35.8 Å². The first-order chi connectivity index (χ1) is 14.9. The molecule has 0 aromatic heterocycles. The van der Waals surface area contributed by atoms with Gasteiger partial charge in [-0.25, -0.2) is 4.79 Å². The molecule has 1 aliphatic rings. The number of cyclic esters (lactones) is 1. The molecule has 0 unspecified atom stereocenters. The fourth-order valence-electron chi connectivity index (χ4n) is 3.53. The number of unbranched alkanes of at least 4 members (excludes halogenated alkanes) is 8. The Hall–Kier alpha value is -2.12. The van der Waals surface area contributed by atoms with Crippen molar-refractivity contribution in [3.8, 4) is 0 Å². The minimum Gasteiger partial charge on any atom is -0.505 e. The summed E-state index contributed by atoms with van der Waals surface area (Å²) in [7, 11) is 0. The van der Waals surface area contributed by atoms with Gasteiger partial charge in [-0.05, 0) is 38.5 Å². The third-order valence-corrected chi connectivity index (χ3v) is 5.43. The molecule has 0 aromatic carbocycles. The van der Waals surface area contributed by atoms with Crippen molar-refractivity contribution in [1.29, 1.82) is 0 Å². The Labute approximate surface area is 185 Å². The zero-order chi connectivity index (χ0) is 23.1. The van der Waals surface area contributed by atoms with E-state index in [1.54, 1.807) is 0 Å². The standard InChI is InChI=1S/C24H38O7/c1-2-3-4-5-6-7-8-9-10-11-12-13-14-15-16-17-19(26)24(20(27)18-25)22(29)21(28)23(30)31-24/h6-7,9-10,20,25,27-29H,2-5,8,11-18H2,1H3/b7-6-,10-9-/t20-,24+/m0/s1. The van der Waals surface area contributed by atoms with Gasteiger partial charge < -0.3 is 25.2 Å². The molecular formula is C24H38O7. The van der Waals surface area contributed by atoms with Gasteiger partial charge in [0, 0.05) is 6.42 Å². The Morgan fingerprint density at radius 1 is 0.968 bits per heavy atom. The summed E-state index contributed by atoms with van der Waals surface area (Å²) in [6.07, 6.45) is 18.1. The lowest BCUT2D eigenvalue weighted by atomic mass is 9.87. The number of aliphatic hydroxyl groups is 4. The number of ketones is 1. The van der Waals surface area contributed by atoms with E-state index in [-0.39, 0.29) is 6.42 Å². The maximum atomic E-state index is 12.5. The van der Waals surface area contributed by atoms with E-state index in [4.69, 9.17) is 4.74 Å². The normalized spacial score (nSPS) is 20.2. The van der Waals surface area contributed by atoms with Crippen molar-refractivity contribution in [2.24, 2.45) is 0 Å². The predicted octanol–water partition coefficient (Wildman–Crippen LogP) is 4.35. The Morgan fingerprint density at radius 2 is 1.55 bits per heavy atom. The van der Waals surface area contributed by atoms with Crippen LogP contribution in [0.4, 0.5) is 0 Å². The number of hydrogen-bond acceptors (Lipinski definition) is 7. The smallest absolute Gasteiger partial charge is 0.378 e. The predicted molar refractivity (Wildman–Crippen MR) is 119 cm³/mol. The molecule has 0 radical (unpaired) electrons. The van der Waals surface area contributed by atoms with Crippen LogP contribution >= 0.6 is 0 Å². The number of carbonyl (C=O) groups excluding carboxylic acids is 2. The second-order valence-corrected chi connectivity index (χ2v) is 7.92. The molecule has 0 saturated heterocycles. The molecule has 0 saturated carbocycles. The minimum absolute atomic E-state index is 0.0494. The number of rotatable bonds is 17. The number of Topliss-reactive ketones (excluding diaryl/α,β-unsaturated/α-hetero) is 1. The van der Waals surface area contributed by atoms with Gasteiger partial charge in [0.2, 0.25) is 5.76 Å². The third kappa shape index (κ3) is 8.15. The van der Waals surface area contributed by atoms with Gasteiger partial charge in [-0.3, -0.25) is 4.79 Å². The zero-order valence-corrected chi connectivity index (χ0v) is 18.6. The maximum absolute atomic E-state index is 12.5. The van der Waals surface area contributed by atoms with E-state index in [9.17, 15) is 30.0 Å². The van der Waals surface area contributed by atoms with Gasteiger partial charge in [0.1, 0.15) is 6.10 Å². The van der Waals surface area contributed by atoms with Crippen molar-refractivity contribution in [3.63, 3.8) is 0 Å². The quantitative estimate of drug-likeness (QED) is 0.151. The number of aliphatic hydroxyl groups excluding tert-OH is 4. The van der Waals surface area contributed by atoms with Crippen LogP contribution in [0, 0.1) is 0 Å². The summed E-state index contributed by atoms with van der Waals surface area (Å²) in [5.74, 6) is -4.18. The summed E-state index contributed by atoms with van der Waals surface area (Å²) in [5, 5.41) is 38.6. The number of esters is 1. The van der Waals surface area contributed by atoms with Crippen LogP contribution in [0.25, 0.3) is 0 Å². The van der Waals surface area contributed by atoms with E-state index in [2.05, 4.69) is 31.2 Å². The van der Waals surface area contributed by atoms with Crippen LogP contribution in [-0.4, -0.2) is 50.5 Å². The highest BCUT2D eigenvalue weighted by molar-refractivity contribution is 6.01. The first kappa shape index (κ1) is 26.9. The summed E-state index contributed by atoms with van der Waals surface area (Å²) >= 11 is 0. The molecule has 0 fully saturated rings. The Bertz CT molecular complexity index is 650. The van der Waals surface area contributed by atoms with Gasteiger partial charge in [0.05, 0.1) is 6.61 Å². The molecule has 0 bridgehead atoms. The molecule has 0 spiro atoms. The Morgan fingerprint density at radius 3 is 2.10 bits per heavy atom. The van der Waals surface area contributed by atoms with Crippen LogP contribution in [0.2, 0.25) is 0 Å². The van der Waals surface area contributed by atoms with E-state index in [0.29, 0.717) is 6.42 Å². The second-order valence-electron chi connectivity index (χ2n) is 7.92. The highest BCUT2D eigenvalue weighted by atomic mass is 16.6. The van der Waals surface area contributed by atoms with Crippen LogP contribution < -0.4 is 0 Å². The molecule has 0 amide bonds. The van der Waals surface area contributed by atoms with E-state index in [0.717, 1.165) is 44.9 Å². The number of allylic oxidation sites excluding steroid dienone is 4. The van der Waals surface area contributed by atoms with Gasteiger partial charge >= 0.3 is 5.97 Å². The Balaban J connectivity index is 2.22. The molecule has 7 heteroatoms. The van der Waals surface area contributed by atoms with Crippen molar-refractivity contribution in [2.75, 3.05) is 6.61 Å². The SMILES string of the molecule is CCCCC/C=C\C/C=C\CCCCCCCC(=O)[C@]1([C@@H](O)CO)OC(=O)C(O)=C1O. The molecule has 1 heterocycles. The van der Waals surface area contributed by atoms with Gasteiger partial charge in [0.15, 0.2) is 11.5 Å². The molecule has 0 aromatic rings. The lowest BCUT2D eigenvalue weighted by Gasteiger charge is -2.29. The van der Waals surface area contributed by atoms with E-state index in [1.807, 2.05) is 0 Å². The van der Waals surface area contributed by atoms with Gasteiger partial charge in [-0.2, -0.15) is 0 Å². The first-order valence-corrected chi connectivity index (χ1v) is 11.4. The molecule has 1 aliphatic heterocycles. The summed E-state index contributed by atoms with van der Waals surface area (Å²) in [6, 6.07) is 0. The lowest BCUT2D eigenvalue weighted by molar-refractivity contribution is -0.173. The highest BCUT2D eigenvalue weighted by Crippen LogP contribution is 2.35. The maximum Gasteiger partial charge on any atom is 0.378 e. The molecule has 4 N–H and O–H groups in total. The van der Waals surface area contributed by atoms with Crippen LogP contribution in [0.3, 0.4) is 0 Å². The molecule has 1 rings (SSSR count). The van der Waals surface area contributed by atoms with Crippen LogP contribution in [0.5, 0.6) is 0 Å². The van der Waals surface area contributed by atoms with E-state index < -0.39 is 41.6 Å². The van der Waals surface area contributed by atoms with E-state index in [1.165, 1.54) is 19.3 Å². The fourth-order valence-corrected chi connectivity index (χ4v) is 3.53. The monoisotopic (exact) mass is 438 g/mol. The van der Waals surface area contributed by atoms with Crippen molar-refractivity contribution < 1.29 is 34.8 Å². The largest absolute Gasteiger partial charge is 0.505 e. The number of ether oxygens (including phenoxy) is 1. The number of hydrogen-bond donors (Lipinski definition) is 4. The van der Waals surface area contributed by atoms with Gasteiger partial charge in [-0.1, -0.05) is 63.3 Å². The molecule has 7 nitrogen and oxygen atoms in total. The van der Waals surface area contributed by atoms with Crippen LogP contribution in [0.1, 0.15) is 84.0 Å². The summed E-state index contributed by atoms with van der Waals surface area (Å²) in [6.45, 7) is 1.30. The van der Waals surface area contributed by atoms with Crippen LogP contribution in [-0.2, 0) is 14.3 Å². The van der Waals surface area contributed by atoms with Gasteiger partial charge in [-0.15, -0.1) is 0 Å². The summed E-state index contributed by atoms with van der Waals surface area (Å²) in [5.41, 5.74) is -2.41. The van der Waals surface area contributed by atoms with Crippen molar-refractivity contribution in [1.82, 2.24) is 0 Å². The highest BCUT2D eigenvalue weighted by Gasteiger charge is 2.58. The molecule has 31 heavy (non-hydrogen) atoms. The average Bonchev–Trinajstić information content (AvgIpc) is 3.00. The van der Waals surface area contributed by atoms with Crippen LogP contribution in [0.15, 0.2) is 35.8 Å². The number of carbonyl (C=O) groups is 2. The molecular weight excluding hydrogens is 400 g/mol. The second kappa shape index (κ2) is 14.8. The fraction of sp³-hybridized carbons (Fsp3) is 0.667. The van der Waals surface area contributed by atoms with Crippen molar-refractivity contribution in [2.45, 2.75) is 95.7 Å². The summed E-state index contributed by atoms with van der Waals surface area (Å²) < 4.78 is 4.78. The third-order valence-electron chi connectivity index (χ3n) is 5.43. The first-order valence-electron chi connectivity index (χ1n) is 11.4.